The third kappa shape index (κ3) is 3.56. The van der Waals surface area contributed by atoms with Gasteiger partial charge in [0.2, 0.25) is 0 Å². The summed E-state index contributed by atoms with van der Waals surface area (Å²) in [4.78, 5) is 13.9. The Balaban J connectivity index is 2.27. The fourth-order valence-electron chi connectivity index (χ4n) is 2.36. The van der Waals surface area contributed by atoms with E-state index in [-0.39, 0.29) is 5.57 Å². The third-order valence-electron chi connectivity index (χ3n) is 3.51. The Labute approximate surface area is 131 Å². The number of ether oxygens (including phenoxy) is 1. The van der Waals surface area contributed by atoms with Crippen molar-refractivity contribution in [1.82, 2.24) is 0 Å². The second-order valence-corrected chi connectivity index (χ2v) is 6.16. The molecule has 2 rings (SSSR count). The lowest BCUT2D eigenvalue weighted by molar-refractivity contribution is -0.152. The molecule has 1 aromatic rings. The molecule has 0 N–H and O–H groups in total. The summed E-state index contributed by atoms with van der Waals surface area (Å²) in [6.45, 7) is 3.69. The van der Waals surface area contributed by atoms with E-state index < -0.39 is 11.6 Å². The molecule has 114 valence electrons. The molecule has 4 heteroatoms. The molecule has 1 heterocycles. The van der Waals surface area contributed by atoms with Crippen molar-refractivity contribution in [2.75, 3.05) is 19.0 Å². The Kier molecular flexibility index (Phi) is 4.37. The molecule has 0 amide bonds. The lowest BCUT2D eigenvalue weighted by atomic mass is 9.91. The number of nitriles is 1. The van der Waals surface area contributed by atoms with Crippen LogP contribution in [-0.4, -0.2) is 25.7 Å². The number of nitrogens with zero attached hydrogens (tertiary/aromatic N) is 2. The first kappa shape index (κ1) is 15.8. The highest BCUT2D eigenvalue weighted by atomic mass is 16.6. The average molecular weight is 296 g/mol. The van der Waals surface area contributed by atoms with Crippen LogP contribution >= 0.6 is 0 Å². The molecule has 0 bridgehead atoms. The van der Waals surface area contributed by atoms with E-state index >= 15 is 0 Å². The summed E-state index contributed by atoms with van der Waals surface area (Å²) in [5, 5.41) is 9.15. The number of hydrogen-bond acceptors (Lipinski definition) is 4. The van der Waals surface area contributed by atoms with E-state index in [4.69, 9.17) is 10.00 Å². The van der Waals surface area contributed by atoms with Crippen molar-refractivity contribution in [3.05, 3.63) is 47.1 Å². The molecule has 0 aromatic heterocycles. The van der Waals surface area contributed by atoms with Gasteiger partial charge in [0.15, 0.2) is 0 Å². The maximum Gasteiger partial charge on any atom is 0.349 e. The van der Waals surface area contributed by atoms with Gasteiger partial charge in [0, 0.05) is 26.2 Å². The SMILES string of the molecule is CN(C)c1ccc(/C=C/C2=C(C#N)C(=O)OC(C)(C)C2)cc1. The first-order valence-corrected chi connectivity index (χ1v) is 7.14. The molecule has 0 aliphatic carbocycles. The summed E-state index contributed by atoms with van der Waals surface area (Å²) in [5.74, 6) is -0.540. The zero-order valence-corrected chi connectivity index (χ0v) is 13.4. The van der Waals surface area contributed by atoms with Gasteiger partial charge in [0.1, 0.15) is 17.2 Å². The van der Waals surface area contributed by atoms with E-state index in [1.807, 2.05) is 75.3 Å². The molecule has 0 saturated carbocycles. The van der Waals surface area contributed by atoms with Gasteiger partial charge in [0.25, 0.3) is 0 Å². The minimum absolute atomic E-state index is 0.0977. The highest BCUT2D eigenvalue weighted by molar-refractivity contribution is 5.95. The number of esters is 1. The molecule has 0 atom stereocenters. The molecule has 0 radical (unpaired) electrons. The highest BCUT2D eigenvalue weighted by Crippen LogP contribution is 2.30. The molecule has 0 spiro atoms. The van der Waals surface area contributed by atoms with Crippen LogP contribution in [0.2, 0.25) is 0 Å². The summed E-state index contributed by atoms with van der Waals surface area (Å²) < 4.78 is 5.24. The van der Waals surface area contributed by atoms with Crippen molar-refractivity contribution in [3.63, 3.8) is 0 Å². The number of anilines is 1. The minimum Gasteiger partial charge on any atom is -0.455 e. The number of benzene rings is 1. The topological polar surface area (TPSA) is 53.3 Å². The molecule has 0 fully saturated rings. The Morgan fingerprint density at radius 2 is 1.86 bits per heavy atom. The highest BCUT2D eigenvalue weighted by Gasteiger charge is 2.33. The van der Waals surface area contributed by atoms with Crippen LogP contribution in [0.15, 0.2) is 41.5 Å². The lowest BCUT2D eigenvalue weighted by Gasteiger charge is -2.30. The quantitative estimate of drug-likeness (QED) is 0.803. The predicted octanol–water partition coefficient (Wildman–Crippen LogP) is 3.31. The normalized spacial score (nSPS) is 17.3. The fourth-order valence-corrected chi connectivity index (χ4v) is 2.36. The number of cyclic esters (lactones) is 1. The van der Waals surface area contributed by atoms with E-state index in [2.05, 4.69) is 0 Å². The second kappa shape index (κ2) is 6.07. The number of hydrogen-bond donors (Lipinski definition) is 0. The van der Waals surface area contributed by atoms with E-state index in [0.717, 1.165) is 16.8 Å². The lowest BCUT2D eigenvalue weighted by Crippen LogP contribution is -2.33. The van der Waals surface area contributed by atoms with E-state index in [0.29, 0.717) is 6.42 Å². The van der Waals surface area contributed by atoms with E-state index in [1.54, 1.807) is 0 Å². The van der Waals surface area contributed by atoms with Gasteiger partial charge in [0.05, 0.1) is 0 Å². The van der Waals surface area contributed by atoms with Gasteiger partial charge in [-0.1, -0.05) is 24.3 Å². The first-order chi connectivity index (χ1) is 10.3. The zero-order chi connectivity index (χ0) is 16.3. The predicted molar refractivity (Wildman–Crippen MR) is 87.2 cm³/mol. The maximum atomic E-state index is 11.8. The van der Waals surface area contributed by atoms with Crippen molar-refractivity contribution in [2.45, 2.75) is 25.9 Å². The van der Waals surface area contributed by atoms with Crippen LogP contribution in [0.4, 0.5) is 5.69 Å². The Morgan fingerprint density at radius 3 is 2.41 bits per heavy atom. The van der Waals surface area contributed by atoms with Crippen molar-refractivity contribution in [1.29, 1.82) is 5.26 Å². The van der Waals surface area contributed by atoms with Gasteiger partial charge in [-0.2, -0.15) is 5.26 Å². The average Bonchev–Trinajstić information content (AvgIpc) is 2.44. The van der Waals surface area contributed by atoms with Crippen molar-refractivity contribution in [3.8, 4) is 6.07 Å². The standard InChI is InChI=1S/C18H20N2O2/c1-18(2)11-14(16(12-19)17(21)22-18)8-5-13-6-9-15(10-7-13)20(3)4/h5-10H,11H2,1-4H3/b8-5+. The molecule has 4 nitrogen and oxygen atoms in total. The van der Waals surface area contributed by atoms with Crippen LogP contribution in [0.25, 0.3) is 6.08 Å². The molecule has 1 aliphatic heterocycles. The number of rotatable bonds is 3. The van der Waals surface area contributed by atoms with Crippen LogP contribution in [-0.2, 0) is 9.53 Å². The smallest absolute Gasteiger partial charge is 0.349 e. The molecule has 0 saturated heterocycles. The molecule has 1 aromatic carbocycles. The third-order valence-corrected chi connectivity index (χ3v) is 3.51. The van der Waals surface area contributed by atoms with E-state index in [1.165, 1.54) is 0 Å². The van der Waals surface area contributed by atoms with Crippen molar-refractivity contribution in [2.24, 2.45) is 0 Å². The van der Waals surface area contributed by atoms with Gasteiger partial charge in [-0.3, -0.25) is 0 Å². The van der Waals surface area contributed by atoms with Crippen molar-refractivity contribution >= 4 is 17.7 Å². The maximum absolute atomic E-state index is 11.8. The molecule has 1 aliphatic rings. The summed E-state index contributed by atoms with van der Waals surface area (Å²) >= 11 is 0. The van der Waals surface area contributed by atoms with Gasteiger partial charge in [-0.05, 0) is 37.1 Å². The summed E-state index contributed by atoms with van der Waals surface area (Å²) in [6.07, 6.45) is 4.29. The summed E-state index contributed by atoms with van der Waals surface area (Å²) in [7, 11) is 3.98. The van der Waals surface area contributed by atoms with Crippen LogP contribution in [0.5, 0.6) is 0 Å². The van der Waals surface area contributed by atoms with Crippen LogP contribution < -0.4 is 4.90 Å². The summed E-state index contributed by atoms with van der Waals surface area (Å²) in [5.41, 5.74) is 2.39. The zero-order valence-electron chi connectivity index (χ0n) is 13.4. The number of carbonyl (C=O) groups is 1. The van der Waals surface area contributed by atoms with Gasteiger partial charge < -0.3 is 9.64 Å². The van der Waals surface area contributed by atoms with Crippen LogP contribution in [0.1, 0.15) is 25.8 Å². The van der Waals surface area contributed by atoms with Crippen molar-refractivity contribution < 1.29 is 9.53 Å². The Hall–Kier alpha value is -2.54. The van der Waals surface area contributed by atoms with Gasteiger partial charge in [-0.25, -0.2) is 4.79 Å². The monoisotopic (exact) mass is 296 g/mol. The Morgan fingerprint density at radius 1 is 1.23 bits per heavy atom. The summed E-state index contributed by atoms with van der Waals surface area (Å²) in [6, 6.07) is 10.0. The number of carbonyl (C=O) groups excluding carboxylic acids is 1. The second-order valence-electron chi connectivity index (χ2n) is 6.16. The van der Waals surface area contributed by atoms with Crippen LogP contribution in [0, 0.1) is 11.3 Å². The van der Waals surface area contributed by atoms with Crippen LogP contribution in [0.3, 0.4) is 0 Å². The fraction of sp³-hybridized carbons (Fsp3) is 0.333. The molecule has 22 heavy (non-hydrogen) atoms. The molecule has 0 unspecified atom stereocenters. The largest absolute Gasteiger partial charge is 0.455 e. The first-order valence-electron chi connectivity index (χ1n) is 7.14. The van der Waals surface area contributed by atoms with Gasteiger partial charge >= 0.3 is 5.97 Å². The molecular formula is C18H20N2O2. The van der Waals surface area contributed by atoms with E-state index in [9.17, 15) is 4.79 Å². The van der Waals surface area contributed by atoms with Gasteiger partial charge in [-0.15, -0.1) is 0 Å². The number of allylic oxidation sites excluding steroid dienone is 1. The molecular weight excluding hydrogens is 276 g/mol. The Bertz CT molecular complexity index is 674. The minimum atomic E-state index is -0.577.